The molecule has 1 unspecified atom stereocenters. The number of aromatic amines is 1. The fourth-order valence-corrected chi connectivity index (χ4v) is 2.39. The molecule has 2 heterocycles. The van der Waals surface area contributed by atoms with Gasteiger partial charge < -0.3 is 10.3 Å². The number of imidazole rings is 1. The van der Waals surface area contributed by atoms with Crippen molar-refractivity contribution in [2.75, 3.05) is 6.54 Å². The van der Waals surface area contributed by atoms with Crippen molar-refractivity contribution in [1.29, 1.82) is 0 Å². The lowest BCUT2D eigenvalue weighted by Gasteiger charge is -2.06. The molecule has 0 saturated carbocycles. The van der Waals surface area contributed by atoms with Gasteiger partial charge in [0, 0.05) is 12.5 Å². The van der Waals surface area contributed by atoms with Crippen LogP contribution in [0.3, 0.4) is 0 Å². The smallest absolute Gasteiger partial charge is 0.108 e. The van der Waals surface area contributed by atoms with Crippen molar-refractivity contribution >= 4 is 0 Å². The van der Waals surface area contributed by atoms with Crippen LogP contribution in [0, 0.1) is 0 Å². The van der Waals surface area contributed by atoms with Crippen LogP contribution in [0.1, 0.15) is 18.7 Å². The molecule has 17 heavy (non-hydrogen) atoms. The van der Waals surface area contributed by atoms with Gasteiger partial charge in [-0.3, -0.25) is 0 Å². The second-order valence-electron chi connectivity index (χ2n) is 4.61. The van der Waals surface area contributed by atoms with Gasteiger partial charge in [0.15, 0.2) is 0 Å². The van der Waals surface area contributed by atoms with E-state index in [2.05, 4.69) is 27.4 Å². The van der Waals surface area contributed by atoms with Crippen molar-refractivity contribution in [3.05, 3.63) is 42.4 Å². The Morgan fingerprint density at radius 3 is 2.88 bits per heavy atom. The summed E-state index contributed by atoms with van der Waals surface area (Å²) >= 11 is 0. The Bertz CT molecular complexity index is 469. The largest absolute Gasteiger partial charge is 0.342 e. The quantitative estimate of drug-likeness (QED) is 0.845. The van der Waals surface area contributed by atoms with Gasteiger partial charge in [-0.25, -0.2) is 4.98 Å². The van der Waals surface area contributed by atoms with Gasteiger partial charge in [0.25, 0.3) is 0 Å². The van der Waals surface area contributed by atoms with Crippen LogP contribution in [0.4, 0.5) is 0 Å². The maximum atomic E-state index is 4.46. The molecule has 0 spiro atoms. The first-order valence-electron chi connectivity index (χ1n) is 6.24. The van der Waals surface area contributed by atoms with Crippen LogP contribution in [0.15, 0.2) is 36.5 Å². The maximum absolute atomic E-state index is 4.46. The summed E-state index contributed by atoms with van der Waals surface area (Å²) in [4.78, 5) is 7.87. The Morgan fingerprint density at radius 1 is 1.24 bits per heavy atom. The molecule has 1 saturated heterocycles. The normalized spacial score (nSPS) is 19.6. The van der Waals surface area contributed by atoms with Crippen molar-refractivity contribution in [3.63, 3.8) is 0 Å². The standard InChI is InChI=1S/C14H17N3/c1-2-5-11(6-3-1)13-10-16-14(17-13)9-12-7-4-8-15-12/h1-3,5-6,10,12,15H,4,7-9H2,(H,16,17). The van der Waals surface area contributed by atoms with Crippen molar-refractivity contribution < 1.29 is 0 Å². The Labute approximate surface area is 101 Å². The monoisotopic (exact) mass is 227 g/mol. The van der Waals surface area contributed by atoms with Gasteiger partial charge in [-0.15, -0.1) is 0 Å². The lowest BCUT2D eigenvalue weighted by atomic mass is 10.1. The minimum absolute atomic E-state index is 0.602. The summed E-state index contributed by atoms with van der Waals surface area (Å²) in [6.07, 6.45) is 5.49. The van der Waals surface area contributed by atoms with E-state index in [1.165, 1.54) is 18.4 Å². The van der Waals surface area contributed by atoms with Crippen LogP contribution in [0.5, 0.6) is 0 Å². The maximum Gasteiger partial charge on any atom is 0.108 e. The molecule has 1 atom stereocenters. The van der Waals surface area contributed by atoms with Gasteiger partial charge >= 0.3 is 0 Å². The molecule has 1 aromatic heterocycles. The first kappa shape index (κ1) is 10.5. The summed E-state index contributed by atoms with van der Waals surface area (Å²) in [5, 5.41) is 3.49. The Morgan fingerprint density at radius 2 is 2.12 bits per heavy atom. The summed E-state index contributed by atoms with van der Waals surface area (Å²) in [7, 11) is 0. The third kappa shape index (κ3) is 2.39. The van der Waals surface area contributed by atoms with Gasteiger partial charge in [-0.1, -0.05) is 30.3 Å². The van der Waals surface area contributed by atoms with E-state index in [0.717, 1.165) is 24.5 Å². The number of H-pyrrole nitrogens is 1. The average Bonchev–Trinajstić information content (AvgIpc) is 3.02. The second-order valence-corrected chi connectivity index (χ2v) is 4.61. The lowest BCUT2D eigenvalue weighted by molar-refractivity contribution is 0.589. The van der Waals surface area contributed by atoms with Crippen LogP contribution >= 0.6 is 0 Å². The van der Waals surface area contributed by atoms with E-state index in [1.54, 1.807) is 0 Å². The van der Waals surface area contributed by atoms with Crippen LogP contribution in [-0.4, -0.2) is 22.6 Å². The topological polar surface area (TPSA) is 40.7 Å². The van der Waals surface area contributed by atoms with E-state index in [-0.39, 0.29) is 0 Å². The van der Waals surface area contributed by atoms with Crippen molar-refractivity contribution in [2.45, 2.75) is 25.3 Å². The minimum Gasteiger partial charge on any atom is -0.342 e. The number of hydrogen-bond acceptors (Lipinski definition) is 2. The average molecular weight is 227 g/mol. The fourth-order valence-electron chi connectivity index (χ4n) is 2.39. The highest BCUT2D eigenvalue weighted by atomic mass is 15.0. The number of aromatic nitrogens is 2. The van der Waals surface area contributed by atoms with Gasteiger partial charge in [0.1, 0.15) is 5.82 Å². The number of benzene rings is 1. The molecule has 0 bridgehead atoms. The summed E-state index contributed by atoms with van der Waals surface area (Å²) < 4.78 is 0. The summed E-state index contributed by atoms with van der Waals surface area (Å²) in [5.74, 6) is 1.09. The zero-order chi connectivity index (χ0) is 11.5. The third-order valence-corrected chi connectivity index (χ3v) is 3.32. The molecular formula is C14H17N3. The Kier molecular flexibility index (Phi) is 2.92. The predicted molar refractivity (Wildman–Crippen MR) is 68.8 cm³/mol. The van der Waals surface area contributed by atoms with Crippen LogP contribution in [0.2, 0.25) is 0 Å². The molecule has 1 aliphatic heterocycles. The predicted octanol–water partition coefficient (Wildman–Crippen LogP) is 2.37. The highest BCUT2D eigenvalue weighted by molar-refractivity contribution is 5.57. The van der Waals surface area contributed by atoms with Gasteiger partial charge in [-0.05, 0) is 24.9 Å². The molecule has 1 aromatic carbocycles. The van der Waals surface area contributed by atoms with Gasteiger partial charge in [-0.2, -0.15) is 0 Å². The lowest BCUT2D eigenvalue weighted by Crippen LogP contribution is -2.24. The Balaban J connectivity index is 1.74. The zero-order valence-corrected chi connectivity index (χ0v) is 9.82. The summed E-state index contributed by atoms with van der Waals surface area (Å²) in [5.41, 5.74) is 2.31. The Hall–Kier alpha value is -1.61. The first-order valence-corrected chi connectivity index (χ1v) is 6.24. The van der Waals surface area contributed by atoms with Crippen molar-refractivity contribution in [2.24, 2.45) is 0 Å². The molecule has 0 amide bonds. The SMILES string of the molecule is c1ccc(-c2cnc(CC3CCCN3)[nH]2)cc1. The number of hydrogen-bond donors (Lipinski definition) is 2. The van der Waals surface area contributed by atoms with Crippen LogP contribution in [-0.2, 0) is 6.42 Å². The molecular weight excluding hydrogens is 210 g/mol. The molecule has 2 aromatic rings. The molecule has 1 aliphatic rings. The number of rotatable bonds is 3. The van der Waals surface area contributed by atoms with Crippen molar-refractivity contribution in [3.8, 4) is 11.3 Å². The van der Waals surface area contributed by atoms with Crippen molar-refractivity contribution in [1.82, 2.24) is 15.3 Å². The van der Waals surface area contributed by atoms with Gasteiger partial charge in [0.2, 0.25) is 0 Å². The second kappa shape index (κ2) is 4.72. The molecule has 3 nitrogen and oxygen atoms in total. The van der Waals surface area contributed by atoms with Crippen LogP contribution < -0.4 is 5.32 Å². The fraction of sp³-hybridized carbons (Fsp3) is 0.357. The first-order chi connectivity index (χ1) is 8.42. The molecule has 1 fully saturated rings. The summed E-state index contributed by atoms with van der Waals surface area (Å²) in [6.45, 7) is 1.15. The molecule has 0 aliphatic carbocycles. The van der Waals surface area contributed by atoms with Gasteiger partial charge in [0.05, 0.1) is 11.9 Å². The van der Waals surface area contributed by atoms with E-state index in [0.29, 0.717) is 6.04 Å². The summed E-state index contributed by atoms with van der Waals surface area (Å²) in [6, 6.07) is 10.9. The number of nitrogens with zero attached hydrogens (tertiary/aromatic N) is 1. The third-order valence-electron chi connectivity index (χ3n) is 3.32. The number of nitrogens with one attached hydrogen (secondary N) is 2. The molecule has 2 N–H and O–H groups in total. The molecule has 3 rings (SSSR count). The van der Waals surface area contributed by atoms with E-state index in [4.69, 9.17) is 0 Å². The highest BCUT2D eigenvalue weighted by Crippen LogP contribution is 2.17. The molecule has 88 valence electrons. The van der Waals surface area contributed by atoms with E-state index < -0.39 is 0 Å². The zero-order valence-electron chi connectivity index (χ0n) is 9.82. The van der Waals surface area contributed by atoms with E-state index in [9.17, 15) is 0 Å². The molecule has 3 heteroatoms. The van der Waals surface area contributed by atoms with E-state index in [1.807, 2.05) is 24.4 Å². The molecule has 0 radical (unpaired) electrons. The van der Waals surface area contributed by atoms with Crippen LogP contribution in [0.25, 0.3) is 11.3 Å². The minimum atomic E-state index is 0.602. The highest BCUT2D eigenvalue weighted by Gasteiger charge is 2.15. The van der Waals surface area contributed by atoms with E-state index >= 15 is 0 Å².